The van der Waals surface area contributed by atoms with Crippen LogP contribution in [0, 0.1) is 0 Å². The van der Waals surface area contributed by atoms with Gasteiger partial charge in [0.15, 0.2) is 0 Å². The van der Waals surface area contributed by atoms with Gasteiger partial charge in [-0.2, -0.15) is 23.5 Å². The van der Waals surface area contributed by atoms with E-state index in [0.29, 0.717) is 9.52 Å². The second kappa shape index (κ2) is 2.99. The van der Waals surface area contributed by atoms with Crippen molar-refractivity contribution in [3.63, 3.8) is 0 Å². The van der Waals surface area contributed by atoms with Gasteiger partial charge in [-0.3, -0.25) is 0 Å². The van der Waals surface area contributed by atoms with Crippen LogP contribution in [0.5, 0.6) is 0 Å². The Kier molecular flexibility index (Phi) is 2.52. The Morgan fingerprint density at radius 3 is 2.00 bits per heavy atom. The van der Waals surface area contributed by atoms with Crippen molar-refractivity contribution in [1.29, 1.82) is 0 Å². The van der Waals surface area contributed by atoms with Crippen LogP contribution < -0.4 is 0 Å². The summed E-state index contributed by atoms with van der Waals surface area (Å²) in [6.07, 6.45) is 0. The molecule has 6 heavy (non-hydrogen) atoms. The maximum Gasteiger partial charge on any atom is 0.0433 e. The summed E-state index contributed by atoms with van der Waals surface area (Å²) in [5, 5.41) is 4.44. The molecule has 36 valence electrons. The van der Waals surface area contributed by atoms with Crippen LogP contribution in [-0.4, -0.2) is 25.4 Å². The predicted octanol–water partition coefficient (Wildman–Crippen LogP) is 0.508. The topological polar surface area (TPSA) is 0 Å². The fraction of sp³-hybridized carbons (Fsp3) is 1.00. The van der Waals surface area contributed by atoms with Crippen LogP contribution in [0.15, 0.2) is 0 Å². The molecule has 0 aliphatic carbocycles. The third-order valence-electron chi connectivity index (χ3n) is 0.744. The molecule has 0 radical (unpaired) electrons. The first-order chi connectivity index (χ1) is 3.00. The van der Waals surface area contributed by atoms with Gasteiger partial charge in [-0.25, -0.2) is 0 Å². The van der Waals surface area contributed by atoms with Gasteiger partial charge >= 0.3 is 0 Å². The third kappa shape index (κ3) is 1.58. The van der Waals surface area contributed by atoms with Crippen LogP contribution in [0.4, 0.5) is 0 Å². The Bertz CT molecular complexity index is 24.3. The highest BCUT2D eigenvalue weighted by Crippen LogP contribution is 2.15. The zero-order valence-electron chi connectivity index (χ0n) is 3.64. The largest absolute Gasteiger partial charge is 0.155 e. The monoisotopic (exact) mass is 136 g/mol. The molecule has 1 rings (SSSR count). The van der Waals surface area contributed by atoms with Crippen molar-refractivity contribution in [2.75, 3.05) is 15.8 Å². The lowest BCUT2D eigenvalue weighted by Gasteiger charge is -2.05. The lowest BCUT2D eigenvalue weighted by molar-refractivity contribution is 1.92. The van der Waals surface area contributed by atoms with Gasteiger partial charge in [0.2, 0.25) is 0 Å². The molecule has 1 saturated heterocycles. The lowest BCUT2D eigenvalue weighted by Crippen LogP contribution is -2.04. The van der Waals surface area contributed by atoms with E-state index in [1.807, 2.05) is 0 Å². The molecule has 0 atom stereocenters. The molecule has 0 aromatic rings. The fourth-order valence-corrected chi connectivity index (χ4v) is 7.14. The average molecular weight is 136 g/mol. The van der Waals surface area contributed by atoms with Gasteiger partial charge in [0, 0.05) is 14.6 Å². The third-order valence-corrected chi connectivity index (χ3v) is 6.70. The Balaban J connectivity index is 2.00. The molecule has 3 heteroatoms. The smallest absolute Gasteiger partial charge is 0.0433 e. The van der Waals surface area contributed by atoms with E-state index in [1.54, 1.807) is 0 Å². The van der Waals surface area contributed by atoms with Crippen LogP contribution in [-0.2, 0) is 0 Å². The highest BCUT2D eigenvalue weighted by molar-refractivity contribution is 8.18. The van der Waals surface area contributed by atoms with Crippen LogP contribution in [0.2, 0.25) is 0 Å². The Morgan fingerprint density at radius 1 is 1.17 bits per heavy atom. The summed E-state index contributed by atoms with van der Waals surface area (Å²) in [7, 11) is 0.434. The first-order valence-electron chi connectivity index (χ1n) is 2.15. The summed E-state index contributed by atoms with van der Waals surface area (Å²) < 4.78 is 0. The van der Waals surface area contributed by atoms with Gasteiger partial charge in [0.05, 0.1) is 0 Å². The minimum Gasteiger partial charge on any atom is -0.155 e. The molecule has 0 spiro atoms. The molecular weight excluding hydrogens is 128 g/mol. The molecule has 0 aromatic carbocycles. The van der Waals surface area contributed by atoms with E-state index in [4.69, 9.17) is 0 Å². The minimum atomic E-state index is 0.434. The molecule has 0 unspecified atom stereocenters. The van der Waals surface area contributed by atoms with Crippen LogP contribution >= 0.6 is 23.5 Å². The standard InChI is InChI=1S/C3H8S2Si/c1-4-2-6-3-5-1/h1-3,6H2. The lowest BCUT2D eigenvalue weighted by atomic mass is 11.8. The highest BCUT2D eigenvalue weighted by atomic mass is 32.2. The Morgan fingerprint density at radius 2 is 1.83 bits per heavy atom. The van der Waals surface area contributed by atoms with Gasteiger partial charge < -0.3 is 0 Å². The van der Waals surface area contributed by atoms with E-state index in [9.17, 15) is 0 Å². The van der Waals surface area contributed by atoms with Gasteiger partial charge in [-0.05, 0) is 10.8 Å². The molecule has 0 bridgehead atoms. The van der Waals surface area contributed by atoms with Crippen molar-refractivity contribution in [1.82, 2.24) is 0 Å². The van der Waals surface area contributed by atoms with Crippen molar-refractivity contribution in [3.8, 4) is 0 Å². The summed E-state index contributed by atoms with van der Waals surface area (Å²) in [6.45, 7) is 0. The first-order valence-corrected chi connectivity index (χ1v) is 6.46. The summed E-state index contributed by atoms with van der Waals surface area (Å²) in [6, 6.07) is 0. The zero-order valence-corrected chi connectivity index (χ0v) is 6.69. The summed E-state index contributed by atoms with van der Waals surface area (Å²) in [5.74, 6) is 0. The van der Waals surface area contributed by atoms with Crippen molar-refractivity contribution in [3.05, 3.63) is 0 Å². The van der Waals surface area contributed by atoms with E-state index in [0.717, 1.165) is 0 Å². The molecule has 1 heterocycles. The number of thioether (sulfide) groups is 2. The van der Waals surface area contributed by atoms with Gasteiger partial charge in [-0.1, -0.05) is 0 Å². The number of hydrogen-bond donors (Lipinski definition) is 0. The molecule has 0 nitrogen and oxygen atoms in total. The quantitative estimate of drug-likeness (QED) is 0.445. The van der Waals surface area contributed by atoms with E-state index in [1.165, 1.54) is 15.8 Å². The molecule has 0 saturated carbocycles. The normalized spacial score (nSPS) is 24.0. The van der Waals surface area contributed by atoms with Crippen LogP contribution in [0.3, 0.4) is 0 Å². The highest BCUT2D eigenvalue weighted by Gasteiger charge is 1.96. The van der Waals surface area contributed by atoms with E-state index in [2.05, 4.69) is 23.5 Å². The van der Waals surface area contributed by atoms with E-state index in [-0.39, 0.29) is 0 Å². The number of hydrogen-bond acceptors (Lipinski definition) is 2. The molecule has 1 aliphatic rings. The molecule has 1 aliphatic heterocycles. The SMILES string of the molecule is C1[SiH2]CSCS1. The summed E-state index contributed by atoms with van der Waals surface area (Å²) in [5.41, 5.74) is 0. The van der Waals surface area contributed by atoms with Crippen molar-refractivity contribution in [2.24, 2.45) is 0 Å². The van der Waals surface area contributed by atoms with Crippen molar-refractivity contribution < 1.29 is 0 Å². The van der Waals surface area contributed by atoms with E-state index >= 15 is 0 Å². The fourth-order valence-electron chi connectivity index (χ4n) is 0.440. The van der Waals surface area contributed by atoms with Crippen molar-refractivity contribution >= 4 is 33.0 Å². The first kappa shape index (κ1) is 5.06. The van der Waals surface area contributed by atoms with Crippen LogP contribution in [0.1, 0.15) is 0 Å². The molecule has 0 aromatic heterocycles. The van der Waals surface area contributed by atoms with Gasteiger partial charge in [0.1, 0.15) is 0 Å². The average Bonchev–Trinajstić information content (AvgIpc) is 1.72. The second-order valence-corrected chi connectivity index (χ2v) is 7.02. The van der Waals surface area contributed by atoms with Crippen LogP contribution in [0.25, 0.3) is 0 Å². The second-order valence-electron chi connectivity index (χ2n) is 1.29. The minimum absolute atomic E-state index is 0.434. The maximum absolute atomic E-state index is 2.12. The molecule has 0 amide bonds. The van der Waals surface area contributed by atoms with Crippen molar-refractivity contribution in [2.45, 2.75) is 0 Å². The van der Waals surface area contributed by atoms with E-state index < -0.39 is 0 Å². The predicted molar refractivity (Wildman–Crippen MR) is 38.3 cm³/mol. The Labute approximate surface area is 49.3 Å². The Hall–Kier alpha value is 0.917. The molecule has 0 N–H and O–H groups in total. The van der Waals surface area contributed by atoms with Gasteiger partial charge in [0.25, 0.3) is 0 Å². The van der Waals surface area contributed by atoms with Gasteiger partial charge in [-0.15, -0.1) is 0 Å². The zero-order chi connectivity index (χ0) is 4.24. The molecule has 1 fully saturated rings. The number of rotatable bonds is 0. The summed E-state index contributed by atoms with van der Waals surface area (Å²) in [4.78, 5) is 0. The maximum atomic E-state index is 2.12. The summed E-state index contributed by atoms with van der Waals surface area (Å²) >= 11 is 4.24. The molecular formula is C3H8S2Si.